The van der Waals surface area contributed by atoms with Gasteiger partial charge in [0, 0.05) is 41.5 Å². The zero-order valence-electron chi connectivity index (χ0n) is 22.0. The van der Waals surface area contributed by atoms with Crippen molar-refractivity contribution in [3.05, 3.63) is 87.3 Å². The first kappa shape index (κ1) is 25.5. The summed E-state index contributed by atoms with van der Waals surface area (Å²) in [6.07, 6.45) is 0.508. The summed E-state index contributed by atoms with van der Waals surface area (Å²) in [7, 11) is 6.36. The number of methoxy groups -OCH3 is 4. The number of benzene rings is 3. The fourth-order valence-corrected chi connectivity index (χ4v) is 5.34. The van der Waals surface area contributed by atoms with E-state index in [9.17, 15) is 4.79 Å². The number of rotatable bonds is 8. The van der Waals surface area contributed by atoms with Gasteiger partial charge in [-0.1, -0.05) is 35.9 Å². The third-order valence-corrected chi connectivity index (χ3v) is 7.22. The van der Waals surface area contributed by atoms with Crippen molar-refractivity contribution in [1.29, 1.82) is 0 Å². The van der Waals surface area contributed by atoms with E-state index in [0.717, 1.165) is 22.3 Å². The van der Waals surface area contributed by atoms with Crippen molar-refractivity contribution in [2.45, 2.75) is 19.9 Å². The Hall–Kier alpha value is -4.10. The lowest BCUT2D eigenvalue weighted by Gasteiger charge is -2.20. The minimum absolute atomic E-state index is 0.105. The highest BCUT2D eigenvalue weighted by Gasteiger charge is 2.26. The van der Waals surface area contributed by atoms with Gasteiger partial charge in [-0.2, -0.15) is 0 Å². The van der Waals surface area contributed by atoms with E-state index >= 15 is 0 Å². The molecule has 0 atom stereocenters. The van der Waals surface area contributed by atoms with E-state index in [1.54, 1.807) is 33.0 Å². The average molecular weight is 533 g/mol. The molecule has 8 heteroatoms. The lowest BCUT2D eigenvalue weighted by Crippen LogP contribution is -2.20. The molecule has 196 valence electrons. The molecule has 0 aliphatic carbocycles. The highest BCUT2D eigenvalue weighted by Crippen LogP contribution is 2.46. The van der Waals surface area contributed by atoms with Gasteiger partial charge in [-0.15, -0.1) is 0 Å². The van der Waals surface area contributed by atoms with Gasteiger partial charge in [0.05, 0.1) is 50.2 Å². The molecule has 5 rings (SSSR count). The summed E-state index contributed by atoms with van der Waals surface area (Å²) in [6.45, 7) is 2.41. The maximum atomic E-state index is 14.0. The molecule has 0 fully saturated rings. The van der Waals surface area contributed by atoms with Gasteiger partial charge in [0.2, 0.25) is 5.75 Å². The van der Waals surface area contributed by atoms with Crippen LogP contribution in [0.5, 0.6) is 23.0 Å². The van der Waals surface area contributed by atoms with Crippen LogP contribution < -0.4 is 24.5 Å². The molecule has 0 aliphatic rings. The highest BCUT2D eigenvalue weighted by molar-refractivity contribution is 6.31. The Balaban J connectivity index is 2.01. The Bertz CT molecular complexity index is 1720. The maximum absolute atomic E-state index is 14.0. The van der Waals surface area contributed by atoms with E-state index in [1.165, 1.54) is 0 Å². The molecule has 3 aromatic carbocycles. The minimum atomic E-state index is -0.105. The van der Waals surface area contributed by atoms with Crippen LogP contribution in [0.2, 0.25) is 5.02 Å². The Morgan fingerprint density at radius 1 is 0.842 bits per heavy atom. The Labute approximate surface area is 225 Å². The van der Waals surface area contributed by atoms with Crippen molar-refractivity contribution in [3.8, 4) is 28.7 Å². The first-order valence-corrected chi connectivity index (χ1v) is 12.6. The van der Waals surface area contributed by atoms with E-state index in [2.05, 4.69) is 4.57 Å². The molecule has 5 aromatic rings. The lowest BCUT2D eigenvalue weighted by molar-refractivity contribution is 0.327. The van der Waals surface area contributed by atoms with Gasteiger partial charge in [-0.3, -0.25) is 4.79 Å². The summed E-state index contributed by atoms with van der Waals surface area (Å²) < 4.78 is 26.7. The zero-order chi connectivity index (χ0) is 27.0. The second-order valence-corrected chi connectivity index (χ2v) is 9.20. The zero-order valence-corrected chi connectivity index (χ0v) is 22.8. The topological polar surface area (TPSA) is 63.9 Å². The molecule has 38 heavy (non-hydrogen) atoms. The number of hydrogen-bond donors (Lipinski definition) is 0. The Morgan fingerprint density at radius 2 is 1.61 bits per heavy atom. The number of aryl methyl sites for hydroxylation is 1. The molecule has 0 aliphatic heterocycles. The van der Waals surface area contributed by atoms with E-state index in [0.29, 0.717) is 57.4 Å². The summed E-state index contributed by atoms with van der Waals surface area (Å²) in [4.78, 5) is 14.0. The summed E-state index contributed by atoms with van der Waals surface area (Å²) in [5.74, 6) is 2.12. The number of ether oxygens (including phenoxy) is 4. The molecule has 0 amide bonds. The smallest absolute Gasteiger partial charge is 0.260 e. The van der Waals surface area contributed by atoms with Gasteiger partial charge in [0.15, 0.2) is 11.5 Å². The number of aromatic nitrogens is 2. The summed E-state index contributed by atoms with van der Waals surface area (Å²) in [6, 6.07) is 19.3. The predicted octanol–water partition coefficient (Wildman–Crippen LogP) is 6.24. The molecule has 2 aromatic heterocycles. The molecule has 0 bridgehead atoms. The predicted molar refractivity (Wildman–Crippen MR) is 151 cm³/mol. The number of halogens is 1. The highest BCUT2D eigenvalue weighted by atomic mass is 35.5. The first-order valence-electron chi connectivity index (χ1n) is 12.2. The number of hydrogen-bond acceptors (Lipinski definition) is 5. The van der Waals surface area contributed by atoms with E-state index < -0.39 is 0 Å². The standard InChI is InChI=1S/C30H29ClN2O5/c1-6-32-24-17-25(36-3)28(37-4)29(38-5)26(24)27-22(30(32)34)16-20(14-18-10-7-8-13-23(18)31)33(27)19-11-9-12-21(15-19)35-2/h7-13,15-17H,6,14H2,1-5H3. The molecule has 0 unspecified atom stereocenters. The number of fused-ring (bicyclic) bond motifs is 3. The normalized spacial score (nSPS) is 11.2. The molecule has 2 heterocycles. The van der Waals surface area contributed by atoms with Crippen LogP contribution in [-0.2, 0) is 13.0 Å². The summed E-state index contributed by atoms with van der Waals surface area (Å²) in [5.41, 5.74) is 3.98. The third-order valence-electron chi connectivity index (χ3n) is 6.85. The molecular formula is C30H29ClN2O5. The second kappa shape index (κ2) is 10.3. The quantitative estimate of drug-likeness (QED) is 0.236. The van der Waals surface area contributed by atoms with Crippen molar-refractivity contribution < 1.29 is 18.9 Å². The fraction of sp³-hybridized carbons (Fsp3) is 0.233. The maximum Gasteiger partial charge on any atom is 0.260 e. The summed E-state index contributed by atoms with van der Waals surface area (Å²) >= 11 is 6.57. The van der Waals surface area contributed by atoms with Crippen LogP contribution >= 0.6 is 11.6 Å². The average Bonchev–Trinajstić information content (AvgIpc) is 3.32. The van der Waals surface area contributed by atoms with Gasteiger partial charge in [-0.05, 0) is 36.8 Å². The second-order valence-electron chi connectivity index (χ2n) is 8.79. The molecule has 0 saturated heterocycles. The van der Waals surface area contributed by atoms with Crippen LogP contribution in [-0.4, -0.2) is 37.6 Å². The molecule has 7 nitrogen and oxygen atoms in total. The third kappa shape index (κ3) is 4.03. The van der Waals surface area contributed by atoms with E-state index in [1.807, 2.05) is 67.6 Å². The van der Waals surface area contributed by atoms with Gasteiger partial charge >= 0.3 is 0 Å². The van der Waals surface area contributed by atoms with Crippen LogP contribution in [0.25, 0.3) is 27.5 Å². The van der Waals surface area contributed by atoms with Gasteiger partial charge in [-0.25, -0.2) is 0 Å². The molecular weight excluding hydrogens is 504 g/mol. The van der Waals surface area contributed by atoms with Gasteiger partial charge < -0.3 is 28.1 Å². The van der Waals surface area contributed by atoms with Crippen molar-refractivity contribution in [2.24, 2.45) is 0 Å². The van der Waals surface area contributed by atoms with Gasteiger partial charge in [0.1, 0.15) is 5.75 Å². The molecule has 0 spiro atoms. The van der Waals surface area contributed by atoms with E-state index in [-0.39, 0.29) is 5.56 Å². The van der Waals surface area contributed by atoms with Gasteiger partial charge in [0.25, 0.3) is 5.56 Å². The molecule has 0 saturated carbocycles. The summed E-state index contributed by atoms with van der Waals surface area (Å²) in [5, 5.41) is 1.97. The van der Waals surface area contributed by atoms with Crippen molar-refractivity contribution >= 4 is 33.4 Å². The lowest BCUT2D eigenvalue weighted by atomic mass is 10.1. The van der Waals surface area contributed by atoms with Crippen LogP contribution in [0.15, 0.2) is 65.5 Å². The largest absolute Gasteiger partial charge is 0.497 e. The van der Waals surface area contributed by atoms with Crippen molar-refractivity contribution in [3.63, 3.8) is 0 Å². The monoisotopic (exact) mass is 532 g/mol. The number of pyridine rings is 1. The fourth-order valence-electron chi connectivity index (χ4n) is 5.14. The van der Waals surface area contributed by atoms with E-state index in [4.69, 9.17) is 30.5 Å². The SMILES string of the molecule is CCn1c(=O)c2cc(Cc3ccccc3Cl)n(-c3cccc(OC)c3)c2c2c(OC)c(OC)c(OC)cc21. The number of nitrogens with zero attached hydrogens (tertiary/aromatic N) is 2. The Morgan fingerprint density at radius 3 is 2.26 bits per heavy atom. The van der Waals surface area contributed by atoms with Crippen LogP contribution in [0.1, 0.15) is 18.2 Å². The van der Waals surface area contributed by atoms with Crippen LogP contribution in [0, 0.1) is 0 Å². The first-order chi connectivity index (χ1) is 18.5. The van der Waals surface area contributed by atoms with Crippen LogP contribution in [0.3, 0.4) is 0 Å². The molecule has 0 N–H and O–H groups in total. The van der Waals surface area contributed by atoms with Crippen molar-refractivity contribution in [1.82, 2.24) is 9.13 Å². The minimum Gasteiger partial charge on any atom is -0.497 e. The van der Waals surface area contributed by atoms with Crippen LogP contribution in [0.4, 0.5) is 0 Å². The Kier molecular flexibility index (Phi) is 6.95. The van der Waals surface area contributed by atoms with Crippen molar-refractivity contribution in [2.75, 3.05) is 28.4 Å². The molecule has 0 radical (unpaired) electrons.